The van der Waals surface area contributed by atoms with Crippen molar-refractivity contribution in [2.75, 3.05) is 24.6 Å². The molecule has 0 unspecified atom stereocenters. The van der Waals surface area contributed by atoms with E-state index in [2.05, 4.69) is 22.8 Å². The van der Waals surface area contributed by atoms with E-state index in [4.69, 9.17) is 0 Å². The summed E-state index contributed by atoms with van der Waals surface area (Å²) in [6, 6.07) is 10.7. The molecule has 2 rings (SSSR count). The number of carbonyl (C=O) groups excluding carboxylic acids is 1. The smallest absolute Gasteiger partial charge is 0.233 e. The maximum Gasteiger partial charge on any atom is 0.233 e. The zero-order chi connectivity index (χ0) is 12.6. The topological polar surface area (TPSA) is 41.1 Å². The third-order valence-corrected chi connectivity index (χ3v) is 4.22. The first kappa shape index (κ1) is 13.4. The monoisotopic (exact) mass is 264 g/mol. The molecule has 0 aromatic heterocycles. The Morgan fingerprint density at radius 1 is 1.33 bits per heavy atom. The largest absolute Gasteiger partial charge is 0.355 e. The fourth-order valence-corrected chi connectivity index (χ4v) is 3.17. The molecule has 0 aliphatic carbocycles. The molecular formula is C14H20N2OS. The van der Waals surface area contributed by atoms with Gasteiger partial charge in [0.05, 0.1) is 6.54 Å². The first-order valence-corrected chi connectivity index (χ1v) is 7.62. The van der Waals surface area contributed by atoms with Crippen LogP contribution in [0.2, 0.25) is 0 Å². The summed E-state index contributed by atoms with van der Waals surface area (Å²) in [5.74, 6) is 2.45. The molecule has 0 spiro atoms. The summed E-state index contributed by atoms with van der Waals surface area (Å²) in [7, 11) is 0. The molecule has 1 aliphatic rings. The molecule has 1 aromatic carbocycles. The number of hydrogen-bond acceptors (Lipinski definition) is 3. The lowest BCUT2D eigenvalue weighted by atomic mass is 10.1. The van der Waals surface area contributed by atoms with Crippen molar-refractivity contribution in [2.24, 2.45) is 0 Å². The molecular weight excluding hydrogens is 244 g/mol. The molecule has 0 bridgehead atoms. The summed E-state index contributed by atoms with van der Waals surface area (Å²) in [4.78, 5) is 11.6. The first-order chi connectivity index (χ1) is 8.84. The van der Waals surface area contributed by atoms with Crippen molar-refractivity contribution in [3.05, 3.63) is 35.9 Å². The number of benzene rings is 1. The van der Waals surface area contributed by atoms with Gasteiger partial charge in [-0.1, -0.05) is 30.3 Å². The van der Waals surface area contributed by atoms with Crippen LogP contribution in [0, 0.1) is 0 Å². The van der Waals surface area contributed by atoms with Gasteiger partial charge in [-0.05, 0) is 24.2 Å². The van der Waals surface area contributed by atoms with Crippen LogP contribution in [0.25, 0.3) is 0 Å². The predicted molar refractivity (Wildman–Crippen MR) is 76.9 cm³/mol. The molecule has 0 saturated carbocycles. The van der Waals surface area contributed by atoms with Crippen LogP contribution in [-0.4, -0.2) is 36.5 Å². The zero-order valence-electron chi connectivity index (χ0n) is 10.5. The van der Waals surface area contributed by atoms with Crippen molar-refractivity contribution in [1.29, 1.82) is 0 Å². The lowest BCUT2D eigenvalue weighted by Gasteiger charge is -2.11. The SMILES string of the molecule is O=C(CN[C@@H]1CCSC1)NCCc1ccccc1. The van der Waals surface area contributed by atoms with Gasteiger partial charge >= 0.3 is 0 Å². The number of amides is 1. The minimum atomic E-state index is 0.0998. The summed E-state index contributed by atoms with van der Waals surface area (Å²) < 4.78 is 0. The van der Waals surface area contributed by atoms with Crippen LogP contribution >= 0.6 is 11.8 Å². The summed E-state index contributed by atoms with van der Waals surface area (Å²) >= 11 is 1.95. The number of hydrogen-bond donors (Lipinski definition) is 2. The van der Waals surface area contributed by atoms with Gasteiger partial charge < -0.3 is 10.6 Å². The molecule has 1 aliphatic heterocycles. The maximum absolute atomic E-state index is 11.6. The van der Waals surface area contributed by atoms with Gasteiger partial charge in [0, 0.05) is 18.3 Å². The van der Waals surface area contributed by atoms with Gasteiger partial charge in [-0.25, -0.2) is 0 Å². The average molecular weight is 264 g/mol. The molecule has 0 radical (unpaired) electrons. The number of nitrogens with one attached hydrogen (secondary N) is 2. The van der Waals surface area contributed by atoms with Gasteiger partial charge in [-0.3, -0.25) is 4.79 Å². The van der Waals surface area contributed by atoms with Gasteiger partial charge in [0.25, 0.3) is 0 Å². The van der Waals surface area contributed by atoms with E-state index >= 15 is 0 Å². The maximum atomic E-state index is 11.6. The van der Waals surface area contributed by atoms with Gasteiger partial charge in [0.1, 0.15) is 0 Å². The highest BCUT2D eigenvalue weighted by molar-refractivity contribution is 7.99. The lowest BCUT2D eigenvalue weighted by molar-refractivity contribution is -0.120. The second-order valence-corrected chi connectivity index (χ2v) is 5.68. The minimum absolute atomic E-state index is 0.0998. The molecule has 1 atom stereocenters. The number of carbonyl (C=O) groups is 1. The Hall–Kier alpha value is -1.00. The van der Waals surface area contributed by atoms with Gasteiger partial charge in [-0.15, -0.1) is 0 Å². The Labute approximate surface area is 113 Å². The van der Waals surface area contributed by atoms with E-state index < -0.39 is 0 Å². The highest BCUT2D eigenvalue weighted by Gasteiger charge is 2.15. The van der Waals surface area contributed by atoms with Gasteiger partial charge in [0.15, 0.2) is 0 Å². The standard InChI is InChI=1S/C14H20N2OS/c17-14(10-16-13-7-9-18-11-13)15-8-6-12-4-2-1-3-5-12/h1-5,13,16H,6-11H2,(H,15,17)/t13-/m1/s1. The van der Waals surface area contributed by atoms with Crippen LogP contribution in [-0.2, 0) is 11.2 Å². The Balaban J connectivity index is 1.57. The quantitative estimate of drug-likeness (QED) is 0.817. The number of thioether (sulfide) groups is 1. The van der Waals surface area contributed by atoms with Crippen molar-refractivity contribution >= 4 is 17.7 Å². The van der Waals surface area contributed by atoms with E-state index in [1.807, 2.05) is 30.0 Å². The highest BCUT2D eigenvalue weighted by Crippen LogP contribution is 2.16. The zero-order valence-corrected chi connectivity index (χ0v) is 11.3. The van der Waals surface area contributed by atoms with Crippen LogP contribution in [0.4, 0.5) is 0 Å². The van der Waals surface area contributed by atoms with Crippen molar-refractivity contribution in [1.82, 2.24) is 10.6 Å². The van der Waals surface area contributed by atoms with E-state index in [1.165, 1.54) is 17.7 Å². The van der Waals surface area contributed by atoms with E-state index in [-0.39, 0.29) is 5.91 Å². The molecule has 4 heteroatoms. The van der Waals surface area contributed by atoms with E-state index in [0.717, 1.165) is 12.2 Å². The third-order valence-electron chi connectivity index (χ3n) is 3.06. The van der Waals surface area contributed by atoms with Gasteiger partial charge in [0.2, 0.25) is 5.91 Å². The Morgan fingerprint density at radius 2 is 2.17 bits per heavy atom. The molecule has 1 amide bonds. The van der Waals surface area contributed by atoms with Crippen LogP contribution < -0.4 is 10.6 Å². The van der Waals surface area contributed by atoms with Crippen LogP contribution in [0.15, 0.2) is 30.3 Å². The van der Waals surface area contributed by atoms with Crippen LogP contribution in [0.3, 0.4) is 0 Å². The minimum Gasteiger partial charge on any atom is -0.355 e. The number of rotatable bonds is 6. The Kier molecular flexibility index (Phi) is 5.55. The molecule has 1 fully saturated rings. The van der Waals surface area contributed by atoms with Crippen molar-refractivity contribution in [3.63, 3.8) is 0 Å². The van der Waals surface area contributed by atoms with Crippen molar-refractivity contribution < 1.29 is 4.79 Å². The van der Waals surface area contributed by atoms with Crippen molar-refractivity contribution in [2.45, 2.75) is 18.9 Å². The summed E-state index contributed by atoms with van der Waals surface area (Å²) in [5, 5.41) is 6.24. The van der Waals surface area contributed by atoms with E-state index in [1.54, 1.807) is 0 Å². The van der Waals surface area contributed by atoms with Crippen LogP contribution in [0.1, 0.15) is 12.0 Å². The van der Waals surface area contributed by atoms with E-state index in [0.29, 0.717) is 19.1 Å². The first-order valence-electron chi connectivity index (χ1n) is 6.46. The molecule has 1 saturated heterocycles. The average Bonchev–Trinajstić information content (AvgIpc) is 2.91. The van der Waals surface area contributed by atoms with E-state index in [9.17, 15) is 4.79 Å². The fraction of sp³-hybridized carbons (Fsp3) is 0.500. The molecule has 1 heterocycles. The van der Waals surface area contributed by atoms with Crippen molar-refractivity contribution in [3.8, 4) is 0 Å². The lowest BCUT2D eigenvalue weighted by Crippen LogP contribution is -2.39. The fourth-order valence-electron chi connectivity index (χ4n) is 1.99. The van der Waals surface area contributed by atoms with Crippen LogP contribution in [0.5, 0.6) is 0 Å². The second kappa shape index (κ2) is 7.44. The molecule has 1 aromatic rings. The predicted octanol–water partition coefficient (Wildman–Crippen LogP) is 1.44. The highest BCUT2D eigenvalue weighted by atomic mass is 32.2. The molecule has 18 heavy (non-hydrogen) atoms. The molecule has 98 valence electrons. The summed E-state index contributed by atoms with van der Waals surface area (Å²) in [5.41, 5.74) is 1.26. The summed E-state index contributed by atoms with van der Waals surface area (Å²) in [6.07, 6.45) is 2.08. The normalized spacial score (nSPS) is 18.8. The Morgan fingerprint density at radius 3 is 2.89 bits per heavy atom. The second-order valence-electron chi connectivity index (χ2n) is 4.53. The molecule has 3 nitrogen and oxygen atoms in total. The molecule has 2 N–H and O–H groups in total. The summed E-state index contributed by atoms with van der Waals surface area (Å²) in [6.45, 7) is 1.16. The third kappa shape index (κ3) is 4.70. The Bertz CT molecular complexity index is 363. The van der Waals surface area contributed by atoms with Gasteiger partial charge in [-0.2, -0.15) is 11.8 Å².